The van der Waals surface area contributed by atoms with Crippen molar-refractivity contribution in [3.05, 3.63) is 52.5 Å². The number of benzene rings is 1. The highest BCUT2D eigenvalue weighted by atomic mass is 19.2. The molecule has 8 heteroatoms. The van der Waals surface area contributed by atoms with Gasteiger partial charge in [-0.25, -0.2) is 22.0 Å². The topological polar surface area (TPSA) is 56.0 Å². The summed E-state index contributed by atoms with van der Waals surface area (Å²) in [7, 11) is 0. The molecule has 0 bridgehead atoms. The first-order valence-corrected chi connectivity index (χ1v) is 5.57. The van der Waals surface area contributed by atoms with E-state index in [0.717, 1.165) is 0 Å². The average molecular weight is 312 g/mol. The summed E-state index contributed by atoms with van der Waals surface area (Å²) in [5, 5.41) is 0. The number of hydrogen-bond acceptors (Lipinski definition) is 2. The molecule has 1 aromatic carbocycles. The zero-order valence-electron chi connectivity index (χ0n) is 10.6. The number of pyridine rings is 1. The van der Waals surface area contributed by atoms with Crippen LogP contribution in [0.25, 0.3) is 11.3 Å². The molecule has 0 aliphatic heterocycles. The van der Waals surface area contributed by atoms with Crippen LogP contribution in [0.15, 0.2) is 12.3 Å². The van der Waals surface area contributed by atoms with Crippen LogP contribution in [0.2, 0.25) is 0 Å². The van der Waals surface area contributed by atoms with E-state index in [1.807, 2.05) is 5.92 Å². The highest BCUT2D eigenvalue weighted by Crippen LogP contribution is 2.32. The molecule has 112 valence electrons. The number of hydrogen-bond donors (Lipinski definition) is 1. The molecule has 1 aromatic heterocycles. The lowest BCUT2D eigenvalue weighted by atomic mass is 10.0. The van der Waals surface area contributed by atoms with Gasteiger partial charge in [0.15, 0.2) is 23.3 Å². The molecule has 0 unspecified atom stereocenters. The maximum atomic E-state index is 14.0. The Balaban J connectivity index is 2.90. The highest BCUT2D eigenvalue weighted by molar-refractivity contribution is 5.94. The summed E-state index contributed by atoms with van der Waals surface area (Å²) in [5.74, 6) is -8.52. The number of halogens is 5. The summed E-state index contributed by atoms with van der Waals surface area (Å²) >= 11 is 0. The maximum Gasteiger partial charge on any atom is 0.254 e. The predicted octanol–water partition coefficient (Wildman–Crippen LogP) is 2.52. The van der Waals surface area contributed by atoms with Crippen LogP contribution < -0.4 is 5.73 Å². The third-order valence-electron chi connectivity index (χ3n) is 2.76. The Morgan fingerprint density at radius 3 is 2.09 bits per heavy atom. The Hall–Kier alpha value is -2.95. The molecule has 0 atom stereocenters. The van der Waals surface area contributed by atoms with Crippen LogP contribution in [0.3, 0.4) is 0 Å². The molecule has 3 nitrogen and oxygen atoms in total. The van der Waals surface area contributed by atoms with Crippen molar-refractivity contribution >= 4 is 5.91 Å². The molecular formula is C14H5F5N2O. The normalized spacial score (nSPS) is 10.4. The van der Waals surface area contributed by atoms with E-state index in [-0.39, 0.29) is 0 Å². The average Bonchev–Trinajstić information content (AvgIpc) is 2.46. The van der Waals surface area contributed by atoms with E-state index in [1.54, 1.807) is 0 Å². The number of aromatic nitrogens is 1. The molecule has 0 saturated heterocycles. The van der Waals surface area contributed by atoms with E-state index in [0.29, 0.717) is 12.3 Å². The molecule has 0 aliphatic rings. The second-order valence-electron chi connectivity index (χ2n) is 4.06. The minimum atomic E-state index is -1.99. The maximum absolute atomic E-state index is 14.0. The number of amides is 1. The van der Waals surface area contributed by atoms with Crippen molar-refractivity contribution in [2.75, 3.05) is 0 Å². The molecule has 22 heavy (non-hydrogen) atoms. The fourth-order valence-electron chi connectivity index (χ4n) is 1.80. The highest BCUT2D eigenvalue weighted by Gasteiger charge is 2.30. The van der Waals surface area contributed by atoms with Gasteiger partial charge in [-0.15, -0.1) is 6.42 Å². The summed E-state index contributed by atoms with van der Waals surface area (Å²) in [4.78, 5) is 14.2. The molecule has 0 fully saturated rings. The van der Waals surface area contributed by atoms with Gasteiger partial charge in [0.05, 0.1) is 23.0 Å². The molecule has 0 spiro atoms. The van der Waals surface area contributed by atoms with Crippen molar-refractivity contribution in [3.63, 3.8) is 0 Å². The standard InChI is InChI=1S/C14H5F5N2O/c1-2-5-3-6(15)4-21-13(5)7-9(16)11(18)8(14(20)22)12(19)10(7)17/h1,3-4H,(H2,20,22). The molecule has 1 heterocycles. The molecule has 1 amide bonds. The third kappa shape index (κ3) is 2.26. The van der Waals surface area contributed by atoms with E-state index in [9.17, 15) is 26.7 Å². The van der Waals surface area contributed by atoms with Crippen molar-refractivity contribution in [1.29, 1.82) is 0 Å². The smallest absolute Gasteiger partial charge is 0.254 e. The first-order chi connectivity index (χ1) is 10.3. The van der Waals surface area contributed by atoms with Gasteiger partial charge in [-0.3, -0.25) is 9.78 Å². The van der Waals surface area contributed by atoms with Gasteiger partial charge in [-0.05, 0) is 6.07 Å². The van der Waals surface area contributed by atoms with Crippen molar-refractivity contribution in [1.82, 2.24) is 4.98 Å². The van der Waals surface area contributed by atoms with Crippen LogP contribution in [0, 0.1) is 41.4 Å². The number of terminal acetylenes is 1. The van der Waals surface area contributed by atoms with E-state index in [4.69, 9.17) is 6.42 Å². The minimum absolute atomic E-state index is 0.427. The van der Waals surface area contributed by atoms with Gasteiger partial charge in [0.2, 0.25) is 0 Å². The Morgan fingerprint density at radius 1 is 1.09 bits per heavy atom. The Labute approximate surface area is 120 Å². The molecular weight excluding hydrogens is 307 g/mol. The van der Waals surface area contributed by atoms with E-state index in [2.05, 4.69) is 10.7 Å². The van der Waals surface area contributed by atoms with Gasteiger partial charge in [0.25, 0.3) is 5.91 Å². The van der Waals surface area contributed by atoms with Crippen LogP contribution in [-0.4, -0.2) is 10.9 Å². The first-order valence-electron chi connectivity index (χ1n) is 5.57. The van der Waals surface area contributed by atoms with Crippen LogP contribution in [0.5, 0.6) is 0 Å². The molecule has 0 aliphatic carbocycles. The Kier molecular flexibility index (Phi) is 3.82. The SMILES string of the molecule is C#Cc1cc(F)cnc1-c1c(F)c(F)c(C(N)=O)c(F)c1F. The summed E-state index contributed by atoms with van der Waals surface area (Å²) in [6, 6.07) is 0.707. The van der Waals surface area contributed by atoms with E-state index >= 15 is 0 Å². The van der Waals surface area contributed by atoms with E-state index < -0.39 is 57.4 Å². The van der Waals surface area contributed by atoms with Gasteiger partial charge in [-0.1, -0.05) is 5.92 Å². The number of carbonyl (C=O) groups is 1. The summed E-state index contributed by atoms with van der Waals surface area (Å²) < 4.78 is 68.4. The van der Waals surface area contributed by atoms with Gasteiger partial charge in [-0.2, -0.15) is 0 Å². The third-order valence-corrected chi connectivity index (χ3v) is 2.76. The van der Waals surface area contributed by atoms with Crippen molar-refractivity contribution < 1.29 is 26.7 Å². The van der Waals surface area contributed by atoms with Crippen molar-refractivity contribution in [2.24, 2.45) is 5.73 Å². The number of primary amides is 1. The van der Waals surface area contributed by atoms with Gasteiger partial charge < -0.3 is 5.73 Å². The predicted molar refractivity (Wildman–Crippen MR) is 65.9 cm³/mol. The summed E-state index contributed by atoms with van der Waals surface area (Å²) in [6.45, 7) is 0. The second kappa shape index (κ2) is 5.44. The van der Waals surface area contributed by atoms with Gasteiger partial charge >= 0.3 is 0 Å². The molecule has 2 aromatic rings. The first kappa shape index (κ1) is 15.4. The fraction of sp³-hybridized carbons (Fsp3) is 0. The Bertz CT molecular complexity index is 813. The number of nitrogens with zero attached hydrogens (tertiary/aromatic N) is 1. The lowest BCUT2D eigenvalue weighted by molar-refractivity contribution is 0.0990. The molecule has 2 N–H and O–H groups in total. The van der Waals surface area contributed by atoms with Gasteiger partial charge in [0, 0.05) is 0 Å². The summed E-state index contributed by atoms with van der Waals surface area (Å²) in [5.41, 5.74) is 0.730. The lowest BCUT2D eigenvalue weighted by Gasteiger charge is -2.11. The van der Waals surface area contributed by atoms with Crippen molar-refractivity contribution in [3.8, 4) is 23.6 Å². The quantitative estimate of drug-likeness (QED) is 0.526. The van der Waals surface area contributed by atoms with Crippen LogP contribution in [0.4, 0.5) is 22.0 Å². The zero-order valence-corrected chi connectivity index (χ0v) is 10.6. The van der Waals surface area contributed by atoms with Crippen molar-refractivity contribution in [2.45, 2.75) is 0 Å². The molecule has 0 radical (unpaired) electrons. The van der Waals surface area contributed by atoms with E-state index in [1.165, 1.54) is 0 Å². The largest absolute Gasteiger partial charge is 0.365 e. The van der Waals surface area contributed by atoms with Gasteiger partial charge in [0.1, 0.15) is 11.4 Å². The number of rotatable bonds is 2. The lowest BCUT2D eigenvalue weighted by Crippen LogP contribution is -2.19. The fourth-order valence-corrected chi connectivity index (χ4v) is 1.80. The second-order valence-corrected chi connectivity index (χ2v) is 4.06. The zero-order chi connectivity index (χ0) is 16.6. The number of carbonyl (C=O) groups excluding carboxylic acids is 1. The molecule has 2 rings (SSSR count). The van der Waals surface area contributed by atoms with Crippen LogP contribution >= 0.6 is 0 Å². The summed E-state index contributed by atoms with van der Waals surface area (Å²) in [6.07, 6.45) is 5.61. The monoisotopic (exact) mass is 312 g/mol. The number of nitrogens with two attached hydrogens (primary N) is 1. The molecule has 0 saturated carbocycles. The van der Waals surface area contributed by atoms with Crippen LogP contribution in [-0.2, 0) is 0 Å². The van der Waals surface area contributed by atoms with Crippen LogP contribution in [0.1, 0.15) is 15.9 Å². The Morgan fingerprint density at radius 2 is 1.64 bits per heavy atom. The minimum Gasteiger partial charge on any atom is -0.365 e.